The SMILES string of the molecule is C1=C(C2CCNCC2)c2cnccc2C1. The topological polar surface area (TPSA) is 24.9 Å². The second-order valence-electron chi connectivity index (χ2n) is 4.42. The van der Waals surface area contributed by atoms with Crippen molar-refractivity contribution in [3.8, 4) is 0 Å². The van der Waals surface area contributed by atoms with Crippen molar-refractivity contribution in [2.45, 2.75) is 19.3 Å². The zero-order chi connectivity index (χ0) is 10.1. The van der Waals surface area contributed by atoms with Crippen LogP contribution >= 0.6 is 0 Å². The molecule has 1 aromatic heterocycles. The van der Waals surface area contributed by atoms with Gasteiger partial charge in [-0.15, -0.1) is 0 Å². The van der Waals surface area contributed by atoms with Gasteiger partial charge >= 0.3 is 0 Å². The molecule has 2 heterocycles. The highest BCUT2D eigenvalue weighted by atomic mass is 14.9. The van der Waals surface area contributed by atoms with Gasteiger partial charge in [0.05, 0.1) is 0 Å². The van der Waals surface area contributed by atoms with E-state index in [1.54, 1.807) is 5.57 Å². The number of nitrogens with zero attached hydrogens (tertiary/aromatic N) is 1. The molecular weight excluding hydrogens is 184 g/mol. The van der Waals surface area contributed by atoms with Gasteiger partial charge in [-0.05, 0) is 61.0 Å². The molecule has 0 spiro atoms. The predicted octanol–water partition coefficient (Wildman–Crippen LogP) is 2.02. The maximum Gasteiger partial charge on any atom is 0.0345 e. The van der Waals surface area contributed by atoms with Crippen molar-refractivity contribution in [1.82, 2.24) is 10.3 Å². The van der Waals surface area contributed by atoms with Crippen LogP contribution in [0.2, 0.25) is 0 Å². The van der Waals surface area contributed by atoms with Crippen molar-refractivity contribution >= 4 is 5.57 Å². The fourth-order valence-corrected chi connectivity index (χ4v) is 2.71. The summed E-state index contributed by atoms with van der Waals surface area (Å²) in [6.45, 7) is 2.33. The fourth-order valence-electron chi connectivity index (χ4n) is 2.71. The minimum Gasteiger partial charge on any atom is -0.317 e. The minimum atomic E-state index is 0.761. The summed E-state index contributed by atoms with van der Waals surface area (Å²) in [7, 11) is 0. The number of pyridine rings is 1. The fraction of sp³-hybridized carbons (Fsp3) is 0.462. The Kier molecular flexibility index (Phi) is 2.29. The van der Waals surface area contributed by atoms with Crippen LogP contribution in [0.25, 0.3) is 5.57 Å². The first-order chi connectivity index (χ1) is 7.45. The van der Waals surface area contributed by atoms with Gasteiger partial charge in [0.25, 0.3) is 0 Å². The average molecular weight is 200 g/mol. The first-order valence-electron chi connectivity index (χ1n) is 5.79. The Bertz CT molecular complexity index is 389. The molecule has 1 saturated heterocycles. The molecule has 0 radical (unpaired) electrons. The van der Waals surface area contributed by atoms with Crippen LogP contribution in [-0.4, -0.2) is 18.1 Å². The van der Waals surface area contributed by atoms with Gasteiger partial charge in [-0.3, -0.25) is 4.98 Å². The zero-order valence-electron chi connectivity index (χ0n) is 8.87. The molecular formula is C13H16N2. The smallest absolute Gasteiger partial charge is 0.0345 e. The van der Waals surface area contributed by atoms with E-state index in [1.165, 1.54) is 24.0 Å². The van der Waals surface area contributed by atoms with Crippen LogP contribution in [-0.2, 0) is 6.42 Å². The van der Waals surface area contributed by atoms with Crippen molar-refractivity contribution in [2.24, 2.45) is 5.92 Å². The lowest BCUT2D eigenvalue weighted by Crippen LogP contribution is -2.28. The Hall–Kier alpha value is -1.15. The quantitative estimate of drug-likeness (QED) is 0.750. The summed E-state index contributed by atoms with van der Waals surface area (Å²) in [5.74, 6) is 0.761. The Morgan fingerprint density at radius 2 is 2.13 bits per heavy atom. The highest BCUT2D eigenvalue weighted by Gasteiger charge is 2.23. The average Bonchev–Trinajstić information content (AvgIpc) is 2.74. The summed E-state index contributed by atoms with van der Waals surface area (Å²) in [5, 5.41) is 3.42. The van der Waals surface area contributed by atoms with E-state index in [0.29, 0.717) is 0 Å². The standard InChI is InChI=1S/C13H16N2/c1-2-12(11-3-6-14-7-4-11)13-9-15-8-5-10(1)13/h2,5,8-9,11,14H,1,3-4,6-7H2. The van der Waals surface area contributed by atoms with Crippen LogP contribution in [0.3, 0.4) is 0 Å². The molecule has 2 nitrogen and oxygen atoms in total. The van der Waals surface area contributed by atoms with Crippen LogP contribution in [0, 0.1) is 5.92 Å². The molecule has 0 aromatic carbocycles. The number of nitrogens with one attached hydrogen (secondary N) is 1. The summed E-state index contributed by atoms with van der Waals surface area (Å²) in [5.41, 5.74) is 4.42. The maximum atomic E-state index is 4.24. The van der Waals surface area contributed by atoms with Crippen molar-refractivity contribution < 1.29 is 0 Å². The van der Waals surface area contributed by atoms with Crippen molar-refractivity contribution in [2.75, 3.05) is 13.1 Å². The van der Waals surface area contributed by atoms with Gasteiger partial charge in [-0.2, -0.15) is 0 Å². The number of piperidine rings is 1. The van der Waals surface area contributed by atoms with E-state index in [2.05, 4.69) is 22.4 Å². The lowest BCUT2D eigenvalue weighted by Gasteiger charge is -2.24. The number of hydrogen-bond acceptors (Lipinski definition) is 2. The highest BCUT2D eigenvalue weighted by molar-refractivity contribution is 5.73. The number of aromatic nitrogens is 1. The summed E-state index contributed by atoms with van der Waals surface area (Å²) >= 11 is 0. The summed E-state index contributed by atoms with van der Waals surface area (Å²) in [4.78, 5) is 4.24. The third-order valence-electron chi connectivity index (χ3n) is 3.54. The van der Waals surface area contributed by atoms with Crippen LogP contribution in [0.4, 0.5) is 0 Å². The van der Waals surface area contributed by atoms with Gasteiger partial charge in [0, 0.05) is 12.4 Å². The molecule has 3 rings (SSSR count). The zero-order valence-corrected chi connectivity index (χ0v) is 8.87. The van der Waals surface area contributed by atoms with Gasteiger partial charge < -0.3 is 5.32 Å². The van der Waals surface area contributed by atoms with Gasteiger partial charge in [-0.25, -0.2) is 0 Å². The van der Waals surface area contributed by atoms with Crippen molar-refractivity contribution in [3.05, 3.63) is 35.7 Å². The lowest BCUT2D eigenvalue weighted by atomic mass is 9.87. The van der Waals surface area contributed by atoms with E-state index in [-0.39, 0.29) is 0 Å². The van der Waals surface area contributed by atoms with Crippen LogP contribution in [0.1, 0.15) is 24.0 Å². The molecule has 0 bridgehead atoms. The molecule has 0 amide bonds. The number of fused-ring (bicyclic) bond motifs is 1. The monoisotopic (exact) mass is 200 g/mol. The highest BCUT2D eigenvalue weighted by Crippen LogP contribution is 2.36. The maximum absolute atomic E-state index is 4.24. The van der Waals surface area contributed by atoms with Gasteiger partial charge in [-0.1, -0.05) is 6.08 Å². The summed E-state index contributed by atoms with van der Waals surface area (Å²) in [6, 6.07) is 2.15. The molecule has 0 saturated carbocycles. The number of rotatable bonds is 1. The molecule has 78 valence electrons. The van der Waals surface area contributed by atoms with Crippen molar-refractivity contribution in [3.63, 3.8) is 0 Å². The van der Waals surface area contributed by atoms with Gasteiger partial charge in [0.2, 0.25) is 0 Å². The Morgan fingerprint density at radius 3 is 3.00 bits per heavy atom. The lowest BCUT2D eigenvalue weighted by molar-refractivity contribution is 0.447. The van der Waals surface area contributed by atoms with E-state index >= 15 is 0 Å². The van der Waals surface area contributed by atoms with Crippen molar-refractivity contribution in [1.29, 1.82) is 0 Å². The van der Waals surface area contributed by atoms with E-state index in [9.17, 15) is 0 Å². The normalized spacial score (nSPS) is 21.2. The molecule has 1 aromatic rings. The molecule has 1 aliphatic heterocycles. The Balaban J connectivity index is 1.89. The van der Waals surface area contributed by atoms with E-state index in [4.69, 9.17) is 0 Å². The summed E-state index contributed by atoms with van der Waals surface area (Å²) in [6.07, 6.45) is 10.0. The van der Waals surface area contributed by atoms with E-state index < -0.39 is 0 Å². The van der Waals surface area contributed by atoms with Crippen LogP contribution < -0.4 is 5.32 Å². The summed E-state index contributed by atoms with van der Waals surface area (Å²) < 4.78 is 0. The molecule has 0 unspecified atom stereocenters. The Morgan fingerprint density at radius 1 is 1.27 bits per heavy atom. The molecule has 15 heavy (non-hydrogen) atoms. The number of allylic oxidation sites excluding steroid dienone is 2. The molecule has 2 aliphatic rings. The predicted molar refractivity (Wildman–Crippen MR) is 61.5 cm³/mol. The molecule has 1 N–H and O–H groups in total. The van der Waals surface area contributed by atoms with Crippen LogP contribution in [0.15, 0.2) is 24.5 Å². The molecule has 2 heteroatoms. The number of hydrogen-bond donors (Lipinski definition) is 1. The first kappa shape index (κ1) is 9.10. The largest absolute Gasteiger partial charge is 0.317 e. The van der Waals surface area contributed by atoms with Gasteiger partial charge in [0.1, 0.15) is 0 Å². The second kappa shape index (κ2) is 3.78. The second-order valence-corrected chi connectivity index (χ2v) is 4.42. The molecule has 1 aliphatic carbocycles. The van der Waals surface area contributed by atoms with E-state index in [1.807, 2.05) is 12.4 Å². The van der Waals surface area contributed by atoms with Gasteiger partial charge in [0.15, 0.2) is 0 Å². The van der Waals surface area contributed by atoms with Crippen LogP contribution in [0.5, 0.6) is 0 Å². The minimum absolute atomic E-state index is 0.761. The Labute approximate surface area is 90.4 Å². The first-order valence-corrected chi connectivity index (χ1v) is 5.79. The third kappa shape index (κ3) is 1.59. The molecule has 1 fully saturated rings. The van der Waals surface area contributed by atoms with E-state index in [0.717, 1.165) is 25.4 Å². The third-order valence-corrected chi connectivity index (χ3v) is 3.54. The molecule has 0 atom stereocenters.